The normalized spacial score (nSPS) is 17.5. The van der Waals surface area contributed by atoms with Gasteiger partial charge in [-0.3, -0.25) is 4.90 Å². The van der Waals surface area contributed by atoms with E-state index in [2.05, 4.69) is 45.4 Å². The highest BCUT2D eigenvalue weighted by Gasteiger charge is 2.24. The van der Waals surface area contributed by atoms with Crippen molar-refractivity contribution in [2.24, 2.45) is 0 Å². The summed E-state index contributed by atoms with van der Waals surface area (Å²) in [6.07, 6.45) is 3.42. The van der Waals surface area contributed by atoms with Gasteiger partial charge in [0.05, 0.1) is 14.2 Å². The second kappa shape index (κ2) is 9.45. The van der Waals surface area contributed by atoms with Gasteiger partial charge in [0, 0.05) is 25.7 Å². The van der Waals surface area contributed by atoms with E-state index in [-0.39, 0.29) is 0 Å². The maximum Gasteiger partial charge on any atom is 0.160 e. The van der Waals surface area contributed by atoms with Gasteiger partial charge in [-0.1, -0.05) is 18.2 Å². The van der Waals surface area contributed by atoms with Crippen LogP contribution in [-0.4, -0.2) is 67.1 Å². The van der Waals surface area contributed by atoms with E-state index >= 15 is 0 Å². The van der Waals surface area contributed by atoms with E-state index in [1.165, 1.54) is 24.0 Å². The number of hydrogen-bond acceptors (Lipinski definition) is 7. The fraction of sp³-hybridized carbons (Fsp3) is 0.478. The van der Waals surface area contributed by atoms with E-state index in [9.17, 15) is 0 Å². The summed E-state index contributed by atoms with van der Waals surface area (Å²) in [6.45, 7) is 4.06. The molecule has 0 N–H and O–H groups in total. The lowest BCUT2D eigenvalue weighted by molar-refractivity contribution is 0.112. The lowest BCUT2D eigenvalue weighted by Gasteiger charge is -2.37. The predicted octanol–water partition coefficient (Wildman–Crippen LogP) is 3.38. The SMILES string of the molecule is COc1ccc(CCN(C)[C@H]2CCCN(Cc3cccc4nonc34)C2)cc1OC. The number of piperidine rings is 1. The van der Waals surface area contributed by atoms with Crippen LogP contribution in [0.15, 0.2) is 41.0 Å². The monoisotopic (exact) mass is 410 g/mol. The minimum Gasteiger partial charge on any atom is -0.493 e. The molecule has 1 fully saturated rings. The zero-order chi connectivity index (χ0) is 20.9. The Bertz CT molecular complexity index is 974. The van der Waals surface area contributed by atoms with E-state index in [0.29, 0.717) is 6.04 Å². The molecule has 0 radical (unpaired) electrons. The van der Waals surface area contributed by atoms with Crippen LogP contribution in [0.5, 0.6) is 11.5 Å². The predicted molar refractivity (Wildman–Crippen MR) is 116 cm³/mol. The van der Waals surface area contributed by atoms with Crippen molar-refractivity contribution < 1.29 is 14.1 Å². The summed E-state index contributed by atoms with van der Waals surface area (Å²) >= 11 is 0. The van der Waals surface area contributed by atoms with Gasteiger partial charge in [-0.2, -0.15) is 0 Å². The van der Waals surface area contributed by atoms with Crippen molar-refractivity contribution in [1.82, 2.24) is 20.1 Å². The maximum atomic E-state index is 5.43. The number of rotatable bonds is 8. The van der Waals surface area contributed by atoms with Crippen LogP contribution in [0.3, 0.4) is 0 Å². The Labute approximate surface area is 177 Å². The van der Waals surface area contributed by atoms with Crippen molar-refractivity contribution >= 4 is 11.0 Å². The molecule has 1 saturated heterocycles. The Morgan fingerprint density at radius 1 is 1.13 bits per heavy atom. The Hall–Kier alpha value is -2.64. The van der Waals surface area contributed by atoms with E-state index in [1.807, 2.05) is 18.2 Å². The van der Waals surface area contributed by atoms with Crippen LogP contribution in [0, 0.1) is 0 Å². The lowest BCUT2D eigenvalue weighted by atomic mass is 10.0. The zero-order valence-electron chi connectivity index (χ0n) is 18.0. The van der Waals surface area contributed by atoms with Crippen LogP contribution in [0.1, 0.15) is 24.0 Å². The number of methoxy groups -OCH3 is 2. The molecular formula is C23H30N4O3. The molecule has 0 amide bonds. The van der Waals surface area contributed by atoms with Gasteiger partial charge in [0.1, 0.15) is 11.0 Å². The second-order valence-electron chi connectivity index (χ2n) is 8.00. The van der Waals surface area contributed by atoms with E-state index < -0.39 is 0 Å². The lowest BCUT2D eigenvalue weighted by Crippen LogP contribution is -2.46. The molecule has 160 valence electrons. The van der Waals surface area contributed by atoms with Crippen LogP contribution < -0.4 is 9.47 Å². The number of nitrogens with zero attached hydrogens (tertiary/aromatic N) is 4. The molecule has 0 saturated carbocycles. The average Bonchev–Trinajstić information content (AvgIpc) is 3.27. The summed E-state index contributed by atoms with van der Waals surface area (Å²) in [5.41, 5.74) is 4.15. The highest BCUT2D eigenvalue weighted by atomic mass is 16.6. The van der Waals surface area contributed by atoms with Crippen LogP contribution in [0.2, 0.25) is 0 Å². The number of fused-ring (bicyclic) bond motifs is 1. The fourth-order valence-electron chi connectivity index (χ4n) is 4.29. The molecule has 1 atom stereocenters. The Morgan fingerprint density at radius 2 is 2.00 bits per heavy atom. The van der Waals surface area contributed by atoms with Gasteiger partial charge in [-0.05, 0) is 72.5 Å². The molecule has 2 heterocycles. The summed E-state index contributed by atoms with van der Waals surface area (Å²) in [6, 6.07) is 12.8. The molecule has 0 spiro atoms. The molecule has 0 unspecified atom stereocenters. The van der Waals surface area contributed by atoms with Crippen LogP contribution in [0.25, 0.3) is 11.0 Å². The first kappa shape index (κ1) is 20.6. The highest BCUT2D eigenvalue weighted by molar-refractivity contribution is 5.76. The third kappa shape index (κ3) is 4.57. The van der Waals surface area contributed by atoms with Crippen LogP contribution >= 0.6 is 0 Å². The van der Waals surface area contributed by atoms with E-state index in [1.54, 1.807) is 14.2 Å². The Balaban J connectivity index is 1.34. The first-order chi connectivity index (χ1) is 14.7. The zero-order valence-corrected chi connectivity index (χ0v) is 18.0. The van der Waals surface area contributed by atoms with Gasteiger partial charge in [0.15, 0.2) is 11.5 Å². The number of aromatic nitrogens is 2. The first-order valence-corrected chi connectivity index (χ1v) is 10.5. The molecular weight excluding hydrogens is 380 g/mol. The molecule has 3 aromatic rings. The molecule has 1 aromatic heterocycles. The topological polar surface area (TPSA) is 63.9 Å². The van der Waals surface area contributed by atoms with Gasteiger partial charge in [-0.15, -0.1) is 0 Å². The number of hydrogen-bond donors (Lipinski definition) is 0. The third-order valence-electron chi connectivity index (χ3n) is 6.07. The van der Waals surface area contributed by atoms with Gasteiger partial charge < -0.3 is 14.4 Å². The first-order valence-electron chi connectivity index (χ1n) is 10.5. The molecule has 30 heavy (non-hydrogen) atoms. The van der Waals surface area contributed by atoms with Crippen LogP contribution in [0.4, 0.5) is 0 Å². The highest BCUT2D eigenvalue weighted by Crippen LogP contribution is 2.28. The third-order valence-corrected chi connectivity index (χ3v) is 6.07. The van der Waals surface area contributed by atoms with Gasteiger partial charge in [0.25, 0.3) is 0 Å². The van der Waals surface area contributed by atoms with E-state index in [4.69, 9.17) is 14.1 Å². The van der Waals surface area contributed by atoms with Gasteiger partial charge in [0.2, 0.25) is 0 Å². The summed E-state index contributed by atoms with van der Waals surface area (Å²) < 4.78 is 15.7. The molecule has 7 nitrogen and oxygen atoms in total. The minimum atomic E-state index is 0.550. The molecule has 0 bridgehead atoms. The maximum absolute atomic E-state index is 5.43. The largest absolute Gasteiger partial charge is 0.493 e. The number of ether oxygens (including phenoxy) is 2. The van der Waals surface area contributed by atoms with Gasteiger partial charge >= 0.3 is 0 Å². The molecule has 1 aliphatic heterocycles. The smallest absolute Gasteiger partial charge is 0.160 e. The van der Waals surface area contributed by atoms with Crippen molar-refractivity contribution in [3.8, 4) is 11.5 Å². The van der Waals surface area contributed by atoms with Gasteiger partial charge in [-0.25, -0.2) is 4.63 Å². The fourth-order valence-corrected chi connectivity index (χ4v) is 4.29. The summed E-state index contributed by atoms with van der Waals surface area (Å²) in [7, 11) is 5.58. The van der Waals surface area contributed by atoms with Crippen molar-refractivity contribution in [1.29, 1.82) is 0 Å². The van der Waals surface area contributed by atoms with E-state index in [0.717, 1.165) is 55.1 Å². The second-order valence-corrected chi connectivity index (χ2v) is 8.00. The van der Waals surface area contributed by atoms with Crippen molar-refractivity contribution in [3.63, 3.8) is 0 Å². The molecule has 1 aliphatic rings. The Kier molecular flexibility index (Phi) is 6.50. The minimum absolute atomic E-state index is 0.550. The molecule has 7 heteroatoms. The summed E-state index contributed by atoms with van der Waals surface area (Å²) in [5, 5.41) is 8.05. The molecule has 0 aliphatic carbocycles. The van der Waals surface area contributed by atoms with Crippen molar-refractivity contribution in [2.45, 2.75) is 31.8 Å². The average molecular weight is 411 g/mol. The number of likely N-dealkylation sites (N-methyl/N-ethyl adjacent to an activating group) is 1. The number of likely N-dealkylation sites (tertiary alicyclic amines) is 1. The summed E-state index contributed by atoms with van der Waals surface area (Å²) in [5.74, 6) is 1.56. The van der Waals surface area contributed by atoms with Crippen molar-refractivity contribution in [2.75, 3.05) is 40.9 Å². The molecule has 4 rings (SSSR count). The quantitative estimate of drug-likeness (QED) is 0.564. The van der Waals surface area contributed by atoms with Crippen LogP contribution in [-0.2, 0) is 13.0 Å². The Morgan fingerprint density at radius 3 is 2.83 bits per heavy atom. The standard InChI is InChI=1S/C23H30N4O3/c1-26(13-11-17-9-10-21(28-2)22(14-17)29-3)19-7-5-12-27(16-19)15-18-6-4-8-20-23(18)25-30-24-20/h4,6,8-10,14,19H,5,7,11-13,15-16H2,1-3H3/t19-/m0/s1. The van der Waals surface area contributed by atoms with Crippen molar-refractivity contribution in [3.05, 3.63) is 47.5 Å². The molecule has 2 aromatic carbocycles. The number of benzene rings is 2. The summed E-state index contributed by atoms with van der Waals surface area (Å²) in [4.78, 5) is 5.01.